The van der Waals surface area contributed by atoms with E-state index in [0.29, 0.717) is 13.2 Å². The molecule has 2 heterocycles. The fourth-order valence-corrected chi connectivity index (χ4v) is 3.71. The highest BCUT2D eigenvalue weighted by molar-refractivity contribution is 8.08. The number of aromatic nitrogens is 2. The van der Waals surface area contributed by atoms with Crippen molar-refractivity contribution in [1.82, 2.24) is 9.97 Å². The maximum Gasteiger partial charge on any atom is 0.379 e. The first kappa shape index (κ1) is 28.8. The van der Waals surface area contributed by atoms with Crippen LogP contribution in [0.5, 0.6) is 0 Å². The van der Waals surface area contributed by atoms with Crippen LogP contribution in [0.1, 0.15) is 38.4 Å². The van der Waals surface area contributed by atoms with Crippen LogP contribution in [0.15, 0.2) is 47.6 Å². The van der Waals surface area contributed by atoms with Crippen molar-refractivity contribution in [2.45, 2.75) is 40.5 Å². The van der Waals surface area contributed by atoms with Crippen LogP contribution < -0.4 is 5.32 Å². The van der Waals surface area contributed by atoms with Gasteiger partial charge in [-0.3, -0.25) is 4.99 Å². The highest BCUT2D eigenvalue weighted by Gasteiger charge is 2.11. The van der Waals surface area contributed by atoms with Crippen molar-refractivity contribution in [2.75, 3.05) is 17.7 Å². The Labute approximate surface area is 190 Å². The molecule has 31 heavy (non-hydrogen) atoms. The van der Waals surface area contributed by atoms with Crippen LogP contribution in [0.4, 0.5) is 24.1 Å². The molecule has 0 spiro atoms. The lowest BCUT2D eigenvalue weighted by Crippen LogP contribution is -1.96. The van der Waals surface area contributed by atoms with Crippen LogP contribution >= 0.6 is 23.1 Å². The van der Waals surface area contributed by atoms with E-state index in [1.54, 1.807) is 23.1 Å². The molecule has 0 fully saturated rings. The molecule has 1 N–H and O–H groups in total. The molecule has 0 radical (unpaired) electrons. The van der Waals surface area contributed by atoms with Crippen molar-refractivity contribution in [1.29, 1.82) is 0 Å². The molecule has 0 saturated carbocycles. The van der Waals surface area contributed by atoms with Gasteiger partial charge in [-0.1, -0.05) is 13.0 Å². The maximum atomic E-state index is 9.67. The highest BCUT2D eigenvalue weighted by atomic mass is 32.2. The average Bonchev–Trinajstić information content (AvgIpc) is 3.22. The van der Waals surface area contributed by atoms with Gasteiger partial charge in [0.05, 0.1) is 22.9 Å². The Bertz CT molecular complexity index is 780. The number of aliphatic imine (C=N–C) groups is 1. The number of thiazole rings is 1. The summed E-state index contributed by atoms with van der Waals surface area (Å²) in [6, 6.07) is 3.95. The minimum Gasteiger partial charge on any atom is -0.377 e. The lowest BCUT2D eigenvalue weighted by Gasteiger charge is -2.06. The third kappa shape index (κ3) is 12.3. The molecule has 0 saturated heterocycles. The van der Waals surface area contributed by atoms with Crippen molar-refractivity contribution in [3.05, 3.63) is 53.8 Å². The van der Waals surface area contributed by atoms with Gasteiger partial charge in [-0.15, -0.1) is 36.3 Å². The number of allylic oxidation sites excluding steroid dienone is 1. The molecule has 0 aliphatic carbocycles. The molecule has 0 aliphatic rings. The SMILES string of the molecule is C=C.C=N/C(C)=C(\SCCC)c1csc(Nc2ccc(COCC)cn2)n1.FC(F)F. The minimum atomic E-state index is -3.67. The van der Waals surface area contributed by atoms with E-state index in [1.807, 2.05) is 37.6 Å². The maximum absolute atomic E-state index is 9.67. The van der Waals surface area contributed by atoms with Crippen molar-refractivity contribution in [3.8, 4) is 0 Å². The number of nitrogens with one attached hydrogen (secondary N) is 1. The van der Waals surface area contributed by atoms with E-state index in [2.05, 4.69) is 47.1 Å². The second kappa shape index (κ2) is 17.5. The van der Waals surface area contributed by atoms with E-state index in [9.17, 15) is 13.2 Å². The summed E-state index contributed by atoms with van der Waals surface area (Å²) in [5.74, 6) is 1.80. The van der Waals surface area contributed by atoms with Gasteiger partial charge in [-0.2, -0.15) is 13.2 Å². The first-order valence-corrected chi connectivity index (χ1v) is 11.3. The van der Waals surface area contributed by atoms with E-state index in [1.165, 1.54) is 0 Å². The van der Waals surface area contributed by atoms with E-state index in [0.717, 1.165) is 45.0 Å². The Morgan fingerprint density at radius 2 is 1.97 bits per heavy atom. The normalized spacial score (nSPS) is 10.9. The van der Waals surface area contributed by atoms with Gasteiger partial charge in [0, 0.05) is 18.2 Å². The zero-order valence-electron chi connectivity index (χ0n) is 18.0. The molecule has 2 rings (SSSR count). The number of rotatable bonds is 10. The van der Waals surface area contributed by atoms with Gasteiger partial charge in [0.25, 0.3) is 0 Å². The molecular weight excluding hydrogens is 445 g/mol. The molecule has 2 aromatic heterocycles. The van der Waals surface area contributed by atoms with Gasteiger partial charge >= 0.3 is 6.68 Å². The largest absolute Gasteiger partial charge is 0.379 e. The predicted molar refractivity (Wildman–Crippen MR) is 128 cm³/mol. The first-order valence-electron chi connectivity index (χ1n) is 9.39. The van der Waals surface area contributed by atoms with Gasteiger partial charge in [0.1, 0.15) is 5.82 Å². The summed E-state index contributed by atoms with van der Waals surface area (Å²) in [6.07, 6.45) is 2.92. The molecule has 0 amide bonds. The summed E-state index contributed by atoms with van der Waals surface area (Å²) in [7, 11) is 0. The lowest BCUT2D eigenvalue weighted by atomic mass is 10.3. The smallest absolute Gasteiger partial charge is 0.377 e. The summed E-state index contributed by atoms with van der Waals surface area (Å²) in [4.78, 5) is 14.2. The second-order valence-corrected chi connectivity index (χ2v) is 7.48. The fraction of sp³-hybridized carbons (Fsp3) is 0.381. The highest BCUT2D eigenvalue weighted by Crippen LogP contribution is 2.34. The third-order valence-corrected chi connectivity index (χ3v) is 5.45. The Hall–Kier alpha value is -2.17. The Morgan fingerprint density at radius 1 is 1.29 bits per heavy atom. The number of nitrogens with zero attached hydrogens (tertiary/aromatic N) is 3. The van der Waals surface area contributed by atoms with Gasteiger partial charge in [0.15, 0.2) is 5.13 Å². The number of anilines is 2. The predicted octanol–water partition coefficient (Wildman–Crippen LogP) is 7.33. The monoisotopic (exact) mass is 474 g/mol. The second-order valence-electron chi connectivity index (χ2n) is 5.52. The van der Waals surface area contributed by atoms with E-state index < -0.39 is 6.68 Å². The number of halogens is 3. The number of ether oxygens (including phenoxy) is 1. The van der Waals surface area contributed by atoms with Crippen LogP contribution in [-0.4, -0.2) is 35.7 Å². The molecule has 2 aromatic rings. The first-order chi connectivity index (χ1) is 14.9. The minimum absolute atomic E-state index is 0.585. The fourth-order valence-electron chi connectivity index (χ4n) is 1.99. The summed E-state index contributed by atoms with van der Waals surface area (Å²) >= 11 is 3.32. The number of hydrogen-bond acceptors (Lipinski definition) is 7. The van der Waals surface area contributed by atoms with Gasteiger partial charge in [-0.25, -0.2) is 9.97 Å². The topological polar surface area (TPSA) is 59.4 Å². The zero-order chi connectivity index (χ0) is 23.6. The third-order valence-electron chi connectivity index (χ3n) is 3.29. The molecule has 0 unspecified atom stereocenters. The quantitative estimate of drug-likeness (QED) is 0.288. The average molecular weight is 475 g/mol. The van der Waals surface area contributed by atoms with Crippen LogP contribution in [0, 0.1) is 0 Å². The summed E-state index contributed by atoms with van der Waals surface area (Å²) < 4.78 is 34.4. The molecule has 0 bridgehead atoms. The van der Waals surface area contributed by atoms with Crippen molar-refractivity contribution in [2.24, 2.45) is 4.99 Å². The molecule has 10 heteroatoms. The molecule has 0 atom stereocenters. The Kier molecular flexibility index (Phi) is 16.3. The summed E-state index contributed by atoms with van der Waals surface area (Å²) in [5, 5.41) is 6.10. The molecule has 172 valence electrons. The van der Waals surface area contributed by atoms with Gasteiger partial charge in [0.2, 0.25) is 0 Å². The van der Waals surface area contributed by atoms with E-state index in [-0.39, 0.29) is 0 Å². The van der Waals surface area contributed by atoms with Gasteiger partial charge < -0.3 is 10.1 Å². The van der Waals surface area contributed by atoms with E-state index >= 15 is 0 Å². The Balaban J connectivity index is 0.00000134. The number of hydrogen-bond donors (Lipinski definition) is 1. The van der Waals surface area contributed by atoms with Crippen molar-refractivity contribution >= 4 is 45.7 Å². The van der Waals surface area contributed by atoms with Crippen LogP contribution in [0.2, 0.25) is 0 Å². The molecule has 5 nitrogen and oxygen atoms in total. The summed E-state index contributed by atoms with van der Waals surface area (Å²) in [5.41, 5.74) is 2.90. The number of alkyl halides is 3. The van der Waals surface area contributed by atoms with Crippen molar-refractivity contribution in [3.63, 3.8) is 0 Å². The summed E-state index contributed by atoms with van der Waals surface area (Å²) in [6.45, 7) is 13.4. The van der Waals surface area contributed by atoms with E-state index in [4.69, 9.17) is 4.74 Å². The van der Waals surface area contributed by atoms with Crippen LogP contribution in [0.3, 0.4) is 0 Å². The van der Waals surface area contributed by atoms with Crippen molar-refractivity contribution < 1.29 is 17.9 Å². The number of pyridine rings is 1. The molecule has 0 aromatic carbocycles. The Morgan fingerprint density at radius 3 is 2.48 bits per heavy atom. The van der Waals surface area contributed by atoms with Crippen LogP contribution in [0.25, 0.3) is 4.91 Å². The molecule has 0 aliphatic heterocycles. The lowest BCUT2D eigenvalue weighted by molar-refractivity contribution is 0.00819. The standard InChI is InChI=1S/C18H24N4OS2.C2H4.CHF3/c1-5-9-24-17(13(3)19-4)15-12-25-18(21-15)22-16-8-7-14(10-20-16)11-23-6-2;1-2;2-1(3)4/h7-8,10,12H,4-6,9,11H2,1-3H3,(H,20,21,22);1-2H2;1H/b17-13-;;. The number of thioether (sulfide) groups is 1. The molecular formula is C21H29F3N4OS2. The zero-order valence-corrected chi connectivity index (χ0v) is 19.7. The van der Waals surface area contributed by atoms with Crippen LogP contribution in [-0.2, 0) is 11.3 Å². The van der Waals surface area contributed by atoms with Gasteiger partial charge in [-0.05, 0) is 44.4 Å².